The van der Waals surface area contributed by atoms with Crippen molar-refractivity contribution in [2.45, 2.75) is 37.9 Å². The first-order valence-corrected chi connectivity index (χ1v) is 11.5. The monoisotopic (exact) mass is 476 g/mol. The van der Waals surface area contributed by atoms with Gasteiger partial charge in [-0.2, -0.15) is 13.2 Å². The van der Waals surface area contributed by atoms with Crippen molar-refractivity contribution in [1.29, 1.82) is 0 Å². The van der Waals surface area contributed by atoms with Crippen molar-refractivity contribution in [2.24, 2.45) is 5.92 Å². The van der Waals surface area contributed by atoms with Crippen LogP contribution < -0.4 is 10.0 Å². The van der Waals surface area contributed by atoms with Crippen molar-refractivity contribution in [3.63, 3.8) is 0 Å². The summed E-state index contributed by atoms with van der Waals surface area (Å²) in [4.78, 5) is 12.7. The fourth-order valence-electron chi connectivity index (χ4n) is 3.65. The number of alkyl halides is 3. The largest absolute Gasteiger partial charge is 0.419 e. The van der Waals surface area contributed by atoms with E-state index in [0.717, 1.165) is 18.4 Å². The molecule has 1 aliphatic carbocycles. The summed E-state index contributed by atoms with van der Waals surface area (Å²) >= 11 is 0. The fraction of sp³-hybridized carbons (Fsp3) is 0.381. The number of hydrogen-bond acceptors (Lipinski definition) is 3. The average Bonchev–Trinajstić information content (AvgIpc) is 3.34. The van der Waals surface area contributed by atoms with Crippen LogP contribution in [0.5, 0.6) is 0 Å². The zero-order valence-corrected chi connectivity index (χ0v) is 18.2. The number of nitrogens with one attached hydrogen (secondary N) is 2. The number of halogens is 5. The summed E-state index contributed by atoms with van der Waals surface area (Å²) in [5.41, 5.74) is -1.73. The molecule has 1 saturated carbocycles. The highest BCUT2D eigenvalue weighted by Gasteiger charge is 2.56. The minimum atomic E-state index is -4.80. The third-order valence-electron chi connectivity index (χ3n) is 5.63. The zero-order chi connectivity index (χ0) is 24.1. The average molecular weight is 476 g/mol. The van der Waals surface area contributed by atoms with Crippen LogP contribution in [0.25, 0.3) is 0 Å². The van der Waals surface area contributed by atoms with Gasteiger partial charge in [-0.3, -0.25) is 9.52 Å². The molecule has 0 saturated heterocycles. The molecule has 32 heavy (non-hydrogen) atoms. The first kappa shape index (κ1) is 24.0. The number of sulfonamides is 1. The Labute approximate surface area is 182 Å². The van der Waals surface area contributed by atoms with Crippen molar-refractivity contribution in [3.05, 3.63) is 64.7 Å². The summed E-state index contributed by atoms with van der Waals surface area (Å²) in [5, 5.41) is 2.71. The lowest BCUT2D eigenvalue weighted by Crippen LogP contribution is -2.30. The maximum Gasteiger partial charge on any atom is 0.419 e. The van der Waals surface area contributed by atoms with E-state index in [1.54, 1.807) is 13.8 Å². The molecular weight excluding hydrogens is 455 g/mol. The molecule has 0 aromatic heterocycles. The van der Waals surface area contributed by atoms with E-state index in [2.05, 4.69) is 5.32 Å². The summed E-state index contributed by atoms with van der Waals surface area (Å²) in [6.07, 6.45) is -3.60. The Kier molecular flexibility index (Phi) is 6.01. The molecule has 1 aliphatic rings. The Morgan fingerprint density at radius 2 is 1.78 bits per heavy atom. The van der Waals surface area contributed by atoms with Gasteiger partial charge in [-0.25, -0.2) is 17.2 Å². The molecule has 11 heteroatoms. The summed E-state index contributed by atoms with van der Waals surface area (Å²) in [6, 6.07) is 5.81. The minimum absolute atomic E-state index is 0.228. The van der Waals surface area contributed by atoms with Crippen molar-refractivity contribution in [2.75, 3.05) is 11.0 Å². The highest BCUT2D eigenvalue weighted by molar-refractivity contribution is 7.92. The van der Waals surface area contributed by atoms with Crippen LogP contribution in [-0.4, -0.2) is 20.6 Å². The van der Waals surface area contributed by atoms with E-state index in [0.29, 0.717) is 18.1 Å². The zero-order valence-electron chi connectivity index (χ0n) is 17.3. The van der Waals surface area contributed by atoms with Gasteiger partial charge in [0.05, 0.1) is 23.5 Å². The third-order valence-corrected chi connectivity index (χ3v) is 6.23. The van der Waals surface area contributed by atoms with Crippen molar-refractivity contribution >= 4 is 21.6 Å². The maximum absolute atomic E-state index is 14.2. The molecule has 2 aromatic rings. The summed E-state index contributed by atoms with van der Waals surface area (Å²) < 4.78 is 91.0. The number of anilines is 1. The molecule has 2 unspecified atom stereocenters. The van der Waals surface area contributed by atoms with E-state index < -0.39 is 56.7 Å². The van der Waals surface area contributed by atoms with Crippen LogP contribution in [0.1, 0.15) is 43.0 Å². The quantitative estimate of drug-likeness (QED) is 0.603. The van der Waals surface area contributed by atoms with Crippen molar-refractivity contribution in [3.8, 4) is 0 Å². The number of hydrogen-bond donors (Lipinski definition) is 2. The van der Waals surface area contributed by atoms with Gasteiger partial charge in [0.15, 0.2) is 0 Å². The van der Waals surface area contributed by atoms with Gasteiger partial charge < -0.3 is 5.32 Å². The topological polar surface area (TPSA) is 75.3 Å². The SMILES string of the molecule is C[C@@H](NC(=O)C1CC1(C)c1ccc(C(F)(F)F)c(F)c1)c1ccc(NS(C)(=O)=O)c(F)c1. The van der Waals surface area contributed by atoms with E-state index in [-0.39, 0.29) is 11.3 Å². The smallest absolute Gasteiger partial charge is 0.349 e. The lowest BCUT2D eigenvalue weighted by atomic mass is 9.93. The van der Waals surface area contributed by atoms with Gasteiger partial charge in [-0.15, -0.1) is 0 Å². The Morgan fingerprint density at radius 1 is 1.12 bits per heavy atom. The Balaban J connectivity index is 1.70. The third kappa shape index (κ3) is 5.03. The molecular formula is C21H21F5N2O3S. The molecule has 0 radical (unpaired) electrons. The molecule has 0 heterocycles. The Hall–Kier alpha value is -2.69. The summed E-state index contributed by atoms with van der Waals surface area (Å²) in [6.45, 7) is 3.27. The Morgan fingerprint density at radius 3 is 2.31 bits per heavy atom. The minimum Gasteiger partial charge on any atom is -0.349 e. The highest BCUT2D eigenvalue weighted by Crippen LogP contribution is 2.54. The standard InChI is InChI=1S/C21H21F5N2O3S/c1-11(12-4-7-18(17(23)8-12)28-32(3,30)31)27-19(29)15-10-20(15,2)13-5-6-14(16(22)9-13)21(24,25)26/h4-9,11,15,28H,10H2,1-3H3,(H,27,29)/t11-,15?,20?/m1/s1. The first-order chi connectivity index (χ1) is 14.6. The predicted molar refractivity (Wildman–Crippen MR) is 108 cm³/mol. The van der Waals surface area contributed by atoms with Gasteiger partial charge in [0.2, 0.25) is 15.9 Å². The molecule has 174 valence electrons. The molecule has 0 spiro atoms. The van der Waals surface area contributed by atoms with Crippen LogP contribution in [0, 0.1) is 17.6 Å². The molecule has 0 aliphatic heterocycles. The lowest BCUT2D eigenvalue weighted by Gasteiger charge is -2.18. The molecule has 1 amide bonds. The normalized spacial score (nSPS) is 21.7. The van der Waals surface area contributed by atoms with Crippen molar-refractivity contribution < 1.29 is 35.2 Å². The number of carbonyl (C=O) groups is 1. The van der Waals surface area contributed by atoms with E-state index in [1.165, 1.54) is 18.2 Å². The summed E-state index contributed by atoms with van der Waals surface area (Å²) in [5.74, 6) is -3.20. The van der Waals surface area contributed by atoms with Gasteiger partial charge in [-0.1, -0.05) is 19.1 Å². The predicted octanol–water partition coefficient (Wildman–Crippen LogP) is 4.51. The Bertz CT molecular complexity index is 1170. The number of benzene rings is 2. The van der Waals surface area contributed by atoms with Gasteiger partial charge >= 0.3 is 6.18 Å². The van der Waals surface area contributed by atoms with E-state index in [9.17, 15) is 35.2 Å². The molecule has 5 nitrogen and oxygen atoms in total. The molecule has 0 bridgehead atoms. The van der Waals surface area contributed by atoms with Crippen LogP contribution in [0.2, 0.25) is 0 Å². The van der Waals surface area contributed by atoms with E-state index in [4.69, 9.17) is 0 Å². The van der Waals surface area contributed by atoms with Gasteiger partial charge in [0.1, 0.15) is 11.6 Å². The molecule has 1 fully saturated rings. The fourth-order valence-corrected chi connectivity index (χ4v) is 4.21. The van der Waals surface area contributed by atoms with E-state index in [1.807, 2.05) is 4.72 Å². The number of rotatable bonds is 6. The van der Waals surface area contributed by atoms with Crippen LogP contribution in [-0.2, 0) is 26.4 Å². The van der Waals surface area contributed by atoms with Crippen LogP contribution in [0.4, 0.5) is 27.6 Å². The lowest BCUT2D eigenvalue weighted by molar-refractivity contribution is -0.140. The van der Waals surface area contributed by atoms with Crippen molar-refractivity contribution in [1.82, 2.24) is 5.32 Å². The second kappa shape index (κ2) is 8.02. The number of carbonyl (C=O) groups excluding carboxylic acids is 1. The van der Waals surface area contributed by atoms with Gasteiger partial charge in [-0.05, 0) is 48.7 Å². The second-order valence-corrected chi connectivity index (χ2v) is 9.96. The second-order valence-electron chi connectivity index (χ2n) is 8.21. The van der Waals surface area contributed by atoms with Crippen LogP contribution in [0.3, 0.4) is 0 Å². The maximum atomic E-state index is 14.2. The van der Waals surface area contributed by atoms with E-state index >= 15 is 0 Å². The highest BCUT2D eigenvalue weighted by atomic mass is 32.2. The van der Waals surface area contributed by atoms with Gasteiger partial charge in [0, 0.05) is 11.3 Å². The first-order valence-electron chi connectivity index (χ1n) is 9.56. The van der Waals surface area contributed by atoms with Crippen LogP contribution in [0.15, 0.2) is 36.4 Å². The molecule has 3 rings (SSSR count). The van der Waals surface area contributed by atoms with Crippen LogP contribution >= 0.6 is 0 Å². The molecule has 2 aromatic carbocycles. The molecule has 2 N–H and O–H groups in total. The summed E-state index contributed by atoms with van der Waals surface area (Å²) in [7, 11) is -3.66. The number of amides is 1. The molecule has 3 atom stereocenters. The van der Waals surface area contributed by atoms with Gasteiger partial charge in [0.25, 0.3) is 0 Å².